The fraction of sp³-hybridized carbons (Fsp3) is 0.300. The van der Waals surface area contributed by atoms with Gasteiger partial charge < -0.3 is 5.73 Å². The molecule has 2 N–H and O–H groups in total. The van der Waals surface area contributed by atoms with Gasteiger partial charge in [-0.15, -0.1) is 0 Å². The number of nitrogens with two attached hydrogens (primary N) is 1. The maximum Gasteiger partial charge on any atom is 0.161 e. The first kappa shape index (κ1) is 11.5. The Morgan fingerprint density at radius 2 is 1.80 bits per heavy atom. The lowest BCUT2D eigenvalue weighted by molar-refractivity contribution is 0.487. The van der Waals surface area contributed by atoms with Crippen LogP contribution in [0.3, 0.4) is 0 Å². The zero-order chi connectivity index (χ0) is 11.4. The molecular weight excluding hydrogens is 205 g/mol. The van der Waals surface area contributed by atoms with E-state index in [0.29, 0.717) is 6.07 Å². The van der Waals surface area contributed by atoms with E-state index in [4.69, 9.17) is 11.0 Å². The van der Waals surface area contributed by atoms with Crippen LogP contribution in [0.25, 0.3) is 0 Å². The number of hydrogen-bond acceptors (Lipinski definition) is 2. The molecule has 15 heavy (non-hydrogen) atoms. The Kier molecular flexibility index (Phi) is 3.69. The number of benzene rings is 1. The number of nitriles is 1. The van der Waals surface area contributed by atoms with Crippen molar-refractivity contribution in [2.75, 3.05) is 0 Å². The van der Waals surface area contributed by atoms with Gasteiger partial charge in [0.2, 0.25) is 0 Å². The van der Waals surface area contributed by atoms with E-state index < -0.39 is 23.5 Å². The smallest absolute Gasteiger partial charge is 0.161 e. The first-order chi connectivity index (χ1) is 7.04. The third-order valence-corrected chi connectivity index (χ3v) is 1.92. The van der Waals surface area contributed by atoms with Crippen LogP contribution in [0.2, 0.25) is 0 Å². The van der Waals surface area contributed by atoms with Gasteiger partial charge in [0.25, 0.3) is 0 Å². The van der Waals surface area contributed by atoms with Crippen molar-refractivity contribution in [1.82, 2.24) is 0 Å². The highest BCUT2D eigenvalue weighted by Crippen LogP contribution is 2.15. The molecule has 0 aliphatic heterocycles. The van der Waals surface area contributed by atoms with Gasteiger partial charge >= 0.3 is 0 Å². The summed E-state index contributed by atoms with van der Waals surface area (Å²) in [5, 5.41) is 8.32. The van der Waals surface area contributed by atoms with E-state index in [1.165, 1.54) is 0 Å². The predicted octanol–water partition coefficient (Wildman–Crippen LogP) is 1.89. The summed E-state index contributed by atoms with van der Waals surface area (Å²) in [6, 6.07) is 2.48. The van der Waals surface area contributed by atoms with E-state index in [1.807, 2.05) is 6.07 Å². The number of rotatable bonds is 3. The molecule has 0 radical (unpaired) electrons. The highest BCUT2D eigenvalue weighted by molar-refractivity contribution is 5.21. The van der Waals surface area contributed by atoms with Gasteiger partial charge in [-0.2, -0.15) is 5.26 Å². The van der Waals surface area contributed by atoms with Crippen molar-refractivity contribution in [2.45, 2.75) is 18.9 Å². The molecule has 1 aromatic rings. The summed E-state index contributed by atoms with van der Waals surface area (Å²) >= 11 is 0. The van der Waals surface area contributed by atoms with Crippen LogP contribution in [0.5, 0.6) is 0 Å². The average molecular weight is 214 g/mol. The molecular formula is C10H9F3N2. The van der Waals surface area contributed by atoms with Gasteiger partial charge in [-0.05, 0) is 18.1 Å². The summed E-state index contributed by atoms with van der Waals surface area (Å²) in [5.74, 6) is -3.19. The molecule has 1 atom stereocenters. The molecule has 0 heterocycles. The largest absolute Gasteiger partial charge is 0.326 e. The average Bonchev–Trinajstić information content (AvgIpc) is 2.14. The summed E-state index contributed by atoms with van der Waals surface area (Å²) < 4.78 is 38.4. The van der Waals surface area contributed by atoms with Gasteiger partial charge in [-0.3, -0.25) is 0 Å². The fourth-order valence-electron chi connectivity index (χ4n) is 1.19. The van der Waals surface area contributed by atoms with Crippen LogP contribution in [0.1, 0.15) is 12.0 Å². The minimum atomic E-state index is -1.23. The molecule has 80 valence electrons. The van der Waals surface area contributed by atoms with Crippen LogP contribution in [-0.4, -0.2) is 6.04 Å². The Labute approximate surface area is 85.1 Å². The molecule has 0 fully saturated rings. The minimum Gasteiger partial charge on any atom is -0.326 e. The summed E-state index contributed by atoms with van der Waals surface area (Å²) in [6.07, 6.45) is 0.0506. The molecule has 0 saturated carbocycles. The molecule has 0 spiro atoms. The Bertz CT molecular complexity index is 398. The van der Waals surface area contributed by atoms with Crippen molar-refractivity contribution >= 4 is 0 Å². The summed E-state index contributed by atoms with van der Waals surface area (Å²) in [7, 11) is 0. The lowest BCUT2D eigenvalue weighted by Crippen LogP contribution is -2.22. The second-order valence-corrected chi connectivity index (χ2v) is 3.18. The second-order valence-electron chi connectivity index (χ2n) is 3.18. The molecule has 0 amide bonds. The molecule has 0 aromatic heterocycles. The summed E-state index contributed by atoms with van der Waals surface area (Å²) in [4.78, 5) is 0. The second kappa shape index (κ2) is 4.80. The van der Waals surface area contributed by atoms with Crippen LogP contribution >= 0.6 is 0 Å². The molecule has 0 saturated heterocycles. The molecule has 0 unspecified atom stereocenters. The van der Waals surface area contributed by atoms with E-state index in [1.54, 1.807) is 0 Å². The molecule has 2 nitrogen and oxygen atoms in total. The fourth-order valence-corrected chi connectivity index (χ4v) is 1.19. The Balaban J connectivity index is 2.87. The quantitative estimate of drug-likeness (QED) is 0.781. The highest BCUT2D eigenvalue weighted by atomic mass is 19.2. The Hall–Kier alpha value is -1.54. The van der Waals surface area contributed by atoms with Crippen molar-refractivity contribution in [3.63, 3.8) is 0 Å². The number of nitrogens with zero attached hydrogens (tertiary/aromatic N) is 1. The molecule has 1 aromatic carbocycles. The maximum atomic E-state index is 13.1. The molecule has 0 aliphatic carbocycles. The van der Waals surface area contributed by atoms with Crippen molar-refractivity contribution in [3.05, 3.63) is 35.1 Å². The maximum absolute atomic E-state index is 13.1. The minimum absolute atomic E-state index is 0.0105. The first-order valence-corrected chi connectivity index (χ1v) is 4.30. The van der Waals surface area contributed by atoms with Gasteiger partial charge in [0.1, 0.15) is 5.82 Å². The van der Waals surface area contributed by atoms with Crippen molar-refractivity contribution in [1.29, 1.82) is 5.26 Å². The molecule has 0 aliphatic rings. The molecule has 0 bridgehead atoms. The predicted molar refractivity (Wildman–Crippen MR) is 48.2 cm³/mol. The zero-order valence-corrected chi connectivity index (χ0v) is 7.80. The van der Waals surface area contributed by atoms with Crippen LogP contribution < -0.4 is 5.73 Å². The van der Waals surface area contributed by atoms with Gasteiger partial charge in [0.15, 0.2) is 11.6 Å². The number of hydrogen-bond donors (Lipinski definition) is 1. The lowest BCUT2D eigenvalue weighted by atomic mass is 10.0. The van der Waals surface area contributed by atoms with E-state index in [0.717, 1.165) is 6.07 Å². The number of halogens is 3. The Morgan fingerprint density at radius 1 is 1.20 bits per heavy atom. The van der Waals surface area contributed by atoms with Crippen LogP contribution in [0.15, 0.2) is 12.1 Å². The molecule has 5 heteroatoms. The Morgan fingerprint density at radius 3 is 2.40 bits per heavy atom. The van der Waals surface area contributed by atoms with E-state index >= 15 is 0 Å². The van der Waals surface area contributed by atoms with E-state index in [9.17, 15) is 13.2 Å². The van der Waals surface area contributed by atoms with Gasteiger partial charge in [0, 0.05) is 12.1 Å². The lowest BCUT2D eigenvalue weighted by Gasteiger charge is -2.08. The van der Waals surface area contributed by atoms with Crippen molar-refractivity contribution in [2.24, 2.45) is 5.73 Å². The van der Waals surface area contributed by atoms with Crippen LogP contribution in [-0.2, 0) is 6.42 Å². The third-order valence-electron chi connectivity index (χ3n) is 1.92. The van der Waals surface area contributed by atoms with Crippen molar-refractivity contribution < 1.29 is 13.2 Å². The van der Waals surface area contributed by atoms with Crippen molar-refractivity contribution in [3.8, 4) is 6.07 Å². The van der Waals surface area contributed by atoms with Gasteiger partial charge in [-0.1, -0.05) is 0 Å². The normalized spacial score (nSPS) is 12.2. The standard InChI is InChI=1S/C10H9F3N2/c11-8-5-10(13)9(12)4-6(8)3-7(15)1-2-14/h4-5,7H,1,3,15H2/t7-/m0/s1. The molecule has 1 rings (SSSR count). The van der Waals surface area contributed by atoms with Crippen LogP contribution in [0, 0.1) is 28.8 Å². The summed E-state index contributed by atoms with van der Waals surface area (Å²) in [6.45, 7) is 0. The highest BCUT2D eigenvalue weighted by Gasteiger charge is 2.12. The van der Waals surface area contributed by atoms with E-state index in [-0.39, 0.29) is 18.4 Å². The topological polar surface area (TPSA) is 49.8 Å². The first-order valence-electron chi connectivity index (χ1n) is 4.30. The van der Waals surface area contributed by atoms with Gasteiger partial charge in [0.05, 0.1) is 12.5 Å². The van der Waals surface area contributed by atoms with E-state index in [2.05, 4.69) is 0 Å². The third kappa shape index (κ3) is 2.96. The summed E-state index contributed by atoms with van der Waals surface area (Å²) in [5.41, 5.74) is 5.45. The van der Waals surface area contributed by atoms with Crippen LogP contribution in [0.4, 0.5) is 13.2 Å². The zero-order valence-electron chi connectivity index (χ0n) is 7.80. The van der Waals surface area contributed by atoms with Gasteiger partial charge in [-0.25, -0.2) is 13.2 Å². The monoisotopic (exact) mass is 214 g/mol. The SMILES string of the molecule is N#CC[C@H](N)Cc1cc(F)c(F)cc1F.